The second-order valence-electron chi connectivity index (χ2n) is 8.79. The van der Waals surface area contributed by atoms with E-state index in [1.807, 2.05) is 65.4 Å². The Hall–Kier alpha value is -4.78. The first kappa shape index (κ1) is 23.9. The number of carbonyl (C=O) groups excluding carboxylic acids is 1. The smallest absolute Gasteiger partial charge is 0.307 e. The summed E-state index contributed by atoms with van der Waals surface area (Å²) in [6.45, 7) is 6.42. The fourth-order valence-electron chi connectivity index (χ4n) is 4.26. The van der Waals surface area contributed by atoms with Crippen LogP contribution in [0.4, 0.5) is 0 Å². The third-order valence-corrected chi connectivity index (χ3v) is 6.15. The minimum Gasteiger partial charge on any atom is -0.486 e. The van der Waals surface area contributed by atoms with Gasteiger partial charge in [0.25, 0.3) is 0 Å². The highest BCUT2D eigenvalue weighted by Crippen LogP contribution is 2.21. The molecule has 7 nitrogen and oxygen atoms in total. The molecule has 0 spiro atoms. The van der Waals surface area contributed by atoms with Gasteiger partial charge in [-0.25, -0.2) is 5.43 Å². The Morgan fingerprint density at radius 3 is 2.43 bits per heavy atom. The summed E-state index contributed by atoms with van der Waals surface area (Å²) in [6.07, 6.45) is 3.57. The Morgan fingerprint density at radius 2 is 1.68 bits per heavy atom. The zero-order valence-corrected chi connectivity index (χ0v) is 21.0. The molecule has 1 N–H and O–H groups in total. The fraction of sp³-hybridized carbons (Fsp3) is 0.133. The van der Waals surface area contributed by atoms with Crippen molar-refractivity contribution >= 4 is 12.1 Å². The van der Waals surface area contributed by atoms with Crippen molar-refractivity contribution in [2.24, 2.45) is 5.10 Å². The van der Waals surface area contributed by atoms with Gasteiger partial charge in [0, 0.05) is 29.0 Å². The quantitative estimate of drug-likeness (QED) is 0.209. The maximum atomic E-state index is 12.5. The maximum Gasteiger partial charge on any atom is 0.307 e. The van der Waals surface area contributed by atoms with Crippen LogP contribution in [0.3, 0.4) is 0 Å². The van der Waals surface area contributed by atoms with E-state index in [1.54, 1.807) is 18.3 Å². The van der Waals surface area contributed by atoms with Gasteiger partial charge in [0.05, 0.1) is 11.9 Å². The van der Waals surface area contributed by atoms with Crippen LogP contribution in [0.2, 0.25) is 0 Å². The van der Waals surface area contributed by atoms with Crippen LogP contribution in [-0.2, 0) is 6.61 Å². The number of hydrogen-bond donors (Lipinski definition) is 1. The van der Waals surface area contributed by atoms with Crippen molar-refractivity contribution in [3.8, 4) is 17.1 Å². The van der Waals surface area contributed by atoms with Crippen LogP contribution in [0.5, 0.6) is 5.75 Å². The standard InChI is InChI=1S/C30H28N4O3/c1-21-7-4-5-9-28(21)33-18-6-8-25(33)19-31-32-30(35)29-17-16-27(37-29)20-36-26-14-12-24(13-15-26)34-22(2)10-11-23(34)3/h4-19H,20H2,1-3H3,(H,32,35). The van der Waals surface area contributed by atoms with Gasteiger partial charge < -0.3 is 18.3 Å². The number of hydrazone groups is 1. The number of rotatable bonds is 8. The lowest BCUT2D eigenvalue weighted by Gasteiger charge is -2.10. The molecule has 2 aromatic carbocycles. The van der Waals surface area contributed by atoms with Crippen LogP contribution in [-0.4, -0.2) is 21.3 Å². The monoisotopic (exact) mass is 492 g/mol. The van der Waals surface area contributed by atoms with Crippen molar-refractivity contribution in [3.63, 3.8) is 0 Å². The lowest BCUT2D eigenvalue weighted by molar-refractivity contribution is 0.0923. The van der Waals surface area contributed by atoms with Gasteiger partial charge in [0.2, 0.25) is 0 Å². The molecule has 5 aromatic rings. The van der Waals surface area contributed by atoms with E-state index in [0.717, 1.165) is 28.4 Å². The second-order valence-corrected chi connectivity index (χ2v) is 8.79. The number of benzene rings is 2. The van der Waals surface area contributed by atoms with Crippen LogP contribution in [0.15, 0.2) is 101 Å². The molecule has 7 heteroatoms. The van der Waals surface area contributed by atoms with Crippen molar-refractivity contribution in [2.45, 2.75) is 27.4 Å². The van der Waals surface area contributed by atoms with Gasteiger partial charge in [0.15, 0.2) is 5.76 Å². The molecular weight excluding hydrogens is 464 g/mol. The Labute approximate surface area is 215 Å². The van der Waals surface area contributed by atoms with Crippen molar-refractivity contribution < 1.29 is 13.9 Å². The first-order chi connectivity index (χ1) is 18.0. The molecule has 0 aliphatic rings. The summed E-state index contributed by atoms with van der Waals surface area (Å²) in [6, 6.07) is 27.4. The summed E-state index contributed by atoms with van der Waals surface area (Å²) >= 11 is 0. The van der Waals surface area contributed by atoms with Crippen LogP contribution in [0.1, 0.15) is 39.0 Å². The maximum absolute atomic E-state index is 12.5. The number of carbonyl (C=O) groups is 1. The summed E-state index contributed by atoms with van der Waals surface area (Å²) in [7, 11) is 0. The van der Waals surface area contributed by atoms with Crippen molar-refractivity contribution in [1.29, 1.82) is 0 Å². The number of aryl methyl sites for hydroxylation is 3. The number of ether oxygens (including phenoxy) is 1. The predicted molar refractivity (Wildman–Crippen MR) is 144 cm³/mol. The van der Waals surface area contributed by atoms with Crippen LogP contribution in [0, 0.1) is 20.8 Å². The van der Waals surface area contributed by atoms with E-state index in [1.165, 1.54) is 11.4 Å². The normalized spacial score (nSPS) is 11.2. The predicted octanol–water partition coefficient (Wildman–Crippen LogP) is 6.13. The molecule has 0 unspecified atom stereocenters. The molecule has 0 radical (unpaired) electrons. The average molecular weight is 493 g/mol. The van der Waals surface area contributed by atoms with Crippen molar-refractivity contribution in [1.82, 2.24) is 14.6 Å². The molecule has 0 atom stereocenters. The highest BCUT2D eigenvalue weighted by atomic mass is 16.5. The Balaban J connectivity index is 1.17. The molecule has 3 aromatic heterocycles. The van der Waals surface area contributed by atoms with Crippen LogP contribution < -0.4 is 10.2 Å². The average Bonchev–Trinajstić information content (AvgIpc) is 3.64. The summed E-state index contributed by atoms with van der Waals surface area (Å²) in [4.78, 5) is 12.5. The van der Waals surface area contributed by atoms with E-state index in [9.17, 15) is 4.79 Å². The fourth-order valence-corrected chi connectivity index (χ4v) is 4.26. The van der Waals surface area contributed by atoms with Crippen LogP contribution >= 0.6 is 0 Å². The molecule has 0 aliphatic carbocycles. The second kappa shape index (κ2) is 10.5. The number of furan rings is 1. The van der Waals surface area contributed by atoms with Crippen LogP contribution in [0.25, 0.3) is 11.4 Å². The molecule has 0 saturated heterocycles. The van der Waals surface area contributed by atoms with Gasteiger partial charge in [-0.2, -0.15) is 5.10 Å². The lowest BCUT2D eigenvalue weighted by Crippen LogP contribution is -2.17. The van der Waals surface area contributed by atoms with Gasteiger partial charge in [-0.3, -0.25) is 4.79 Å². The largest absolute Gasteiger partial charge is 0.486 e. The Morgan fingerprint density at radius 1 is 0.919 bits per heavy atom. The summed E-state index contributed by atoms with van der Waals surface area (Å²) in [5.74, 6) is 0.996. The van der Waals surface area contributed by atoms with E-state index >= 15 is 0 Å². The van der Waals surface area contributed by atoms with E-state index in [2.05, 4.69) is 54.1 Å². The minimum atomic E-state index is -0.432. The Bertz CT molecular complexity index is 1530. The summed E-state index contributed by atoms with van der Waals surface area (Å²) in [5, 5.41) is 4.11. The van der Waals surface area contributed by atoms with Crippen molar-refractivity contribution in [3.05, 3.63) is 125 Å². The molecule has 5 rings (SSSR count). The van der Waals surface area contributed by atoms with Gasteiger partial charge in [0.1, 0.15) is 18.1 Å². The highest BCUT2D eigenvalue weighted by molar-refractivity contribution is 5.92. The Kier molecular flexibility index (Phi) is 6.76. The number of para-hydroxylation sites is 1. The summed E-state index contributed by atoms with van der Waals surface area (Å²) in [5.41, 5.74) is 9.01. The molecule has 0 aliphatic heterocycles. The zero-order valence-electron chi connectivity index (χ0n) is 21.0. The minimum absolute atomic E-state index is 0.166. The molecule has 0 saturated carbocycles. The first-order valence-corrected chi connectivity index (χ1v) is 12.0. The molecule has 1 amide bonds. The number of nitrogens with one attached hydrogen (secondary N) is 1. The molecular formula is C30H28N4O3. The topological polar surface area (TPSA) is 73.7 Å². The third kappa shape index (κ3) is 5.26. The number of aromatic nitrogens is 2. The third-order valence-electron chi connectivity index (χ3n) is 6.15. The van der Waals surface area contributed by atoms with Gasteiger partial charge in [-0.1, -0.05) is 18.2 Å². The lowest BCUT2D eigenvalue weighted by atomic mass is 10.2. The van der Waals surface area contributed by atoms with E-state index in [0.29, 0.717) is 5.76 Å². The van der Waals surface area contributed by atoms with E-state index in [-0.39, 0.29) is 12.4 Å². The molecule has 0 fully saturated rings. The van der Waals surface area contributed by atoms with Gasteiger partial charge in [-0.15, -0.1) is 0 Å². The number of nitrogens with zero attached hydrogens (tertiary/aromatic N) is 3. The molecule has 186 valence electrons. The summed E-state index contributed by atoms with van der Waals surface area (Å²) < 4.78 is 15.7. The number of amides is 1. The SMILES string of the molecule is Cc1ccccc1-n1cccc1C=NNC(=O)c1ccc(COc2ccc(-n3c(C)ccc3C)cc2)o1. The van der Waals surface area contributed by atoms with Crippen molar-refractivity contribution in [2.75, 3.05) is 0 Å². The molecule has 0 bridgehead atoms. The van der Waals surface area contributed by atoms with E-state index < -0.39 is 5.91 Å². The highest BCUT2D eigenvalue weighted by Gasteiger charge is 2.12. The first-order valence-electron chi connectivity index (χ1n) is 12.0. The molecule has 37 heavy (non-hydrogen) atoms. The zero-order chi connectivity index (χ0) is 25.8. The number of hydrogen-bond acceptors (Lipinski definition) is 4. The van der Waals surface area contributed by atoms with Gasteiger partial charge >= 0.3 is 5.91 Å². The molecule has 3 heterocycles. The van der Waals surface area contributed by atoms with Gasteiger partial charge in [-0.05, 0) is 93.1 Å². The van der Waals surface area contributed by atoms with E-state index in [4.69, 9.17) is 9.15 Å².